The molecule has 2 N–H and O–H groups in total. The zero-order valence-corrected chi connectivity index (χ0v) is 8.20. The number of carbonyl (C=O) groups excluding carboxylic acids is 1. The summed E-state index contributed by atoms with van der Waals surface area (Å²) in [5.41, 5.74) is -1.90. The first-order valence-electron chi connectivity index (χ1n) is 4.29. The van der Waals surface area contributed by atoms with Crippen molar-refractivity contribution in [1.29, 1.82) is 0 Å². The minimum atomic E-state index is -1.90. The maximum absolute atomic E-state index is 10.8. The van der Waals surface area contributed by atoms with E-state index in [4.69, 9.17) is 5.11 Å². The summed E-state index contributed by atoms with van der Waals surface area (Å²) < 4.78 is 0. The van der Waals surface area contributed by atoms with Crippen LogP contribution in [0.25, 0.3) is 0 Å². The van der Waals surface area contributed by atoms with Crippen LogP contribution in [0.5, 0.6) is 0 Å². The normalized spacial score (nSPS) is 17.5. The molecule has 0 aliphatic heterocycles. The van der Waals surface area contributed by atoms with E-state index in [0.717, 1.165) is 0 Å². The molecule has 0 saturated carbocycles. The predicted molar refractivity (Wildman–Crippen MR) is 47.3 cm³/mol. The molecule has 0 radical (unpaired) electrons. The monoisotopic (exact) mass is 188 g/mol. The van der Waals surface area contributed by atoms with E-state index >= 15 is 0 Å². The van der Waals surface area contributed by atoms with Crippen molar-refractivity contribution < 1.29 is 19.8 Å². The Morgan fingerprint density at radius 2 is 1.92 bits per heavy atom. The Kier molecular flexibility index (Phi) is 4.07. The molecule has 0 fully saturated rings. The number of Topliss-reactive ketones (excluding diaryl/α,β-unsaturated/α-hetero) is 1. The van der Waals surface area contributed by atoms with Gasteiger partial charge in [-0.15, -0.1) is 0 Å². The van der Waals surface area contributed by atoms with Crippen LogP contribution in [-0.4, -0.2) is 27.6 Å². The Balaban J connectivity index is 4.72. The highest BCUT2D eigenvalue weighted by atomic mass is 16.4. The van der Waals surface area contributed by atoms with Gasteiger partial charge in [0.25, 0.3) is 0 Å². The Labute approximate surface area is 77.6 Å². The number of carboxylic acid groups (broad SMARTS) is 1. The second kappa shape index (κ2) is 4.37. The van der Waals surface area contributed by atoms with Crippen molar-refractivity contribution in [3.63, 3.8) is 0 Å². The quantitative estimate of drug-likeness (QED) is 0.670. The largest absolute Gasteiger partial charge is 0.479 e. The van der Waals surface area contributed by atoms with Gasteiger partial charge in [0.2, 0.25) is 0 Å². The van der Waals surface area contributed by atoms with Gasteiger partial charge in [-0.05, 0) is 12.8 Å². The lowest BCUT2D eigenvalue weighted by atomic mass is 9.83. The molecule has 0 amide bonds. The van der Waals surface area contributed by atoms with Crippen molar-refractivity contribution in [1.82, 2.24) is 0 Å². The molecule has 0 aromatic rings. The fourth-order valence-electron chi connectivity index (χ4n) is 1.18. The van der Waals surface area contributed by atoms with Crippen molar-refractivity contribution in [2.45, 2.75) is 39.2 Å². The number of aliphatic hydroxyl groups is 1. The van der Waals surface area contributed by atoms with Crippen LogP contribution in [0.2, 0.25) is 0 Å². The van der Waals surface area contributed by atoms with Gasteiger partial charge >= 0.3 is 5.97 Å². The third-order valence-electron chi connectivity index (χ3n) is 2.32. The molecular weight excluding hydrogens is 172 g/mol. The predicted octanol–water partition coefficient (Wildman–Crippen LogP) is 0.827. The molecular formula is C9H16O4. The first-order valence-corrected chi connectivity index (χ1v) is 4.29. The van der Waals surface area contributed by atoms with Gasteiger partial charge in [-0.1, -0.05) is 20.3 Å². The summed E-state index contributed by atoms with van der Waals surface area (Å²) in [6, 6.07) is 0. The number of rotatable bonds is 5. The Hall–Kier alpha value is -0.900. The van der Waals surface area contributed by atoms with Crippen LogP contribution in [0.1, 0.15) is 33.6 Å². The van der Waals surface area contributed by atoms with Gasteiger partial charge in [-0.25, -0.2) is 4.79 Å². The summed E-state index contributed by atoms with van der Waals surface area (Å²) in [6.07, 6.45) is 0.202. The van der Waals surface area contributed by atoms with E-state index in [-0.39, 0.29) is 12.2 Å². The molecule has 0 aliphatic rings. The number of carbonyl (C=O) groups is 2. The van der Waals surface area contributed by atoms with E-state index in [9.17, 15) is 14.7 Å². The highest BCUT2D eigenvalue weighted by Gasteiger charge is 2.41. The summed E-state index contributed by atoms with van der Waals surface area (Å²) in [5.74, 6) is -2.06. The zero-order chi connectivity index (χ0) is 10.6. The fourth-order valence-corrected chi connectivity index (χ4v) is 1.18. The van der Waals surface area contributed by atoms with E-state index in [2.05, 4.69) is 0 Å². The van der Waals surface area contributed by atoms with Gasteiger partial charge in [0.15, 0.2) is 5.60 Å². The summed E-state index contributed by atoms with van der Waals surface area (Å²) in [4.78, 5) is 21.5. The fraction of sp³-hybridized carbons (Fsp3) is 0.778. The molecule has 0 saturated heterocycles. The van der Waals surface area contributed by atoms with E-state index < -0.39 is 17.5 Å². The van der Waals surface area contributed by atoms with Crippen LogP contribution < -0.4 is 0 Å². The number of hydrogen-bond acceptors (Lipinski definition) is 3. The first-order chi connectivity index (χ1) is 5.84. The molecule has 4 nitrogen and oxygen atoms in total. The molecule has 13 heavy (non-hydrogen) atoms. The van der Waals surface area contributed by atoms with Crippen LogP contribution in [0, 0.1) is 5.92 Å². The molecule has 2 atom stereocenters. The van der Waals surface area contributed by atoms with Gasteiger partial charge in [0.05, 0.1) is 0 Å². The lowest BCUT2D eigenvalue weighted by Gasteiger charge is -2.28. The van der Waals surface area contributed by atoms with E-state index in [1.165, 1.54) is 6.92 Å². The van der Waals surface area contributed by atoms with Gasteiger partial charge in [0.1, 0.15) is 5.78 Å². The average Bonchev–Trinajstić information content (AvgIpc) is 2.01. The Bertz CT molecular complexity index is 212. The van der Waals surface area contributed by atoms with Crippen molar-refractivity contribution in [3.05, 3.63) is 0 Å². The van der Waals surface area contributed by atoms with E-state index in [1.54, 1.807) is 13.8 Å². The van der Waals surface area contributed by atoms with Crippen LogP contribution in [0.4, 0.5) is 0 Å². The van der Waals surface area contributed by atoms with Gasteiger partial charge < -0.3 is 10.2 Å². The lowest BCUT2D eigenvalue weighted by molar-refractivity contribution is -0.167. The van der Waals surface area contributed by atoms with Crippen LogP contribution in [-0.2, 0) is 9.59 Å². The molecule has 4 heteroatoms. The van der Waals surface area contributed by atoms with Crippen molar-refractivity contribution in [2.75, 3.05) is 0 Å². The minimum Gasteiger partial charge on any atom is -0.479 e. The third-order valence-corrected chi connectivity index (χ3v) is 2.32. The zero-order valence-electron chi connectivity index (χ0n) is 8.20. The number of aliphatic carboxylic acids is 1. The summed E-state index contributed by atoms with van der Waals surface area (Å²) in [7, 11) is 0. The molecule has 0 heterocycles. The molecule has 0 aromatic heterocycles. The van der Waals surface area contributed by atoms with Crippen LogP contribution in [0.15, 0.2) is 0 Å². The third kappa shape index (κ3) is 2.81. The van der Waals surface area contributed by atoms with Gasteiger partial charge in [-0.2, -0.15) is 0 Å². The summed E-state index contributed by atoms with van der Waals surface area (Å²) in [6.45, 7) is 4.67. The standard InChI is InChI=1S/C9H16O4/c1-4-6(2)9(13,8(11)12)5-7(3)10/h6,13H,4-5H2,1-3H3,(H,11,12). The molecule has 76 valence electrons. The number of hydrogen-bond donors (Lipinski definition) is 2. The summed E-state index contributed by atoms with van der Waals surface area (Å²) >= 11 is 0. The van der Waals surface area contributed by atoms with E-state index in [0.29, 0.717) is 6.42 Å². The highest BCUT2D eigenvalue weighted by Crippen LogP contribution is 2.24. The smallest absolute Gasteiger partial charge is 0.336 e. The SMILES string of the molecule is CCC(C)C(O)(CC(C)=O)C(=O)O. The molecule has 0 rings (SSSR count). The molecule has 0 spiro atoms. The van der Waals surface area contributed by atoms with Crippen molar-refractivity contribution in [3.8, 4) is 0 Å². The van der Waals surface area contributed by atoms with Crippen LogP contribution in [0.3, 0.4) is 0 Å². The number of carboxylic acids is 1. The number of ketones is 1. The molecule has 0 aromatic carbocycles. The minimum absolute atomic E-state index is 0.315. The van der Waals surface area contributed by atoms with Gasteiger partial charge in [-0.3, -0.25) is 4.79 Å². The Morgan fingerprint density at radius 1 is 1.46 bits per heavy atom. The first kappa shape index (κ1) is 12.1. The maximum Gasteiger partial charge on any atom is 0.336 e. The molecule has 0 bridgehead atoms. The molecule has 0 aliphatic carbocycles. The summed E-state index contributed by atoms with van der Waals surface area (Å²) in [5, 5.41) is 18.5. The topological polar surface area (TPSA) is 74.6 Å². The highest BCUT2D eigenvalue weighted by molar-refractivity contribution is 5.86. The van der Waals surface area contributed by atoms with Crippen molar-refractivity contribution in [2.24, 2.45) is 5.92 Å². The second-order valence-electron chi connectivity index (χ2n) is 3.42. The maximum atomic E-state index is 10.8. The van der Waals surface area contributed by atoms with E-state index in [1.807, 2.05) is 0 Å². The van der Waals surface area contributed by atoms with Crippen molar-refractivity contribution >= 4 is 11.8 Å². The molecule has 2 unspecified atom stereocenters. The Morgan fingerprint density at radius 3 is 2.15 bits per heavy atom. The van der Waals surface area contributed by atoms with Gasteiger partial charge in [0, 0.05) is 6.42 Å². The second-order valence-corrected chi connectivity index (χ2v) is 3.42. The van der Waals surface area contributed by atoms with Crippen LogP contribution >= 0.6 is 0 Å². The lowest BCUT2D eigenvalue weighted by Crippen LogP contribution is -2.46. The average molecular weight is 188 g/mol.